The van der Waals surface area contributed by atoms with Crippen molar-refractivity contribution in [3.05, 3.63) is 29.8 Å². The second kappa shape index (κ2) is 7.23. The van der Waals surface area contributed by atoms with E-state index in [2.05, 4.69) is 0 Å². The van der Waals surface area contributed by atoms with E-state index in [-0.39, 0.29) is 12.2 Å². The van der Waals surface area contributed by atoms with Gasteiger partial charge >= 0.3 is 7.60 Å². The van der Waals surface area contributed by atoms with Gasteiger partial charge in [-0.2, -0.15) is 0 Å². The lowest BCUT2D eigenvalue weighted by Gasteiger charge is -2.27. The average molecular weight is 302 g/mol. The van der Waals surface area contributed by atoms with Crippen molar-refractivity contribution in [1.29, 1.82) is 0 Å². The van der Waals surface area contributed by atoms with Gasteiger partial charge in [0, 0.05) is 0 Å². The molecule has 0 fully saturated rings. The molecule has 0 bridgehead atoms. The number of hydrogen-bond donors (Lipinski definition) is 1. The van der Waals surface area contributed by atoms with Gasteiger partial charge in [0.15, 0.2) is 5.85 Å². The van der Waals surface area contributed by atoms with Crippen LogP contribution in [0.1, 0.15) is 39.1 Å². The van der Waals surface area contributed by atoms with Crippen LogP contribution < -0.4 is 4.74 Å². The van der Waals surface area contributed by atoms with Crippen LogP contribution in [0.15, 0.2) is 24.3 Å². The Morgan fingerprint density at radius 3 is 1.80 bits per heavy atom. The molecule has 20 heavy (non-hydrogen) atoms. The monoisotopic (exact) mass is 302 g/mol. The van der Waals surface area contributed by atoms with Gasteiger partial charge < -0.3 is 18.9 Å². The molecule has 5 nitrogen and oxygen atoms in total. The number of aliphatic hydroxyl groups excluding tert-OH is 1. The molecule has 0 radical (unpaired) electrons. The predicted molar refractivity (Wildman–Crippen MR) is 78.0 cm³/mol. The molecule has 1 aromatic rings. The van der Waals surface area contributed by atoms with Crippen molar-refractivity contribution in [3.63, 3.8) is 0 Å². The Morgan fingerprint density at radius 2 is 1.45 bits per heavy atom. The van der Waals surface area contributed by atoms with Gasteiger partial charge in [0.25, 0.3) is 0 Å². The summed E-state index contributed by atoms with van der Waals surface area (Å²) in [5.41, 5.74) is 0.468. The van der Waals surface area contributed by atoms with Gasteiger partial charge in [0.1, 0.15) is 5.75 Å². The number of hydrogen-bond acceptors (Lipinski definition) is 5. The van der Waals surface area contributed by atoms with Crippen molar-refractivity contribution in [2.75, 3.05) is 7.11 Å². The zero-order chi connectivity index (χ0) is 15.3. The largest absolute Gasteiger partial charge is 0.497 e. The van der Waals surface area contributed by atoms with E-state index in [0.717, 1.165) is 0 Å². The van der Waals surface area contributed by atoms with E-state index in [4.69, 9.17) is 13.8 Å². The molecule has 0 aliphatic heterocycles. The number of rotatable bonds is 7. The Bertz CT molecular complexity index is 441. The smallest absolute Gasteiger partial charge is 0.363 e. The minimum atomic E-state index is -3.65. The topological polar surface area (TPSA) is 65.0 Å². The number of benzene rings is 1. The van der Waals surface area contributed by atoms with Gasteiger partial charge in [-0.25, -0.2) is 0 Å². The van der Waals surface area contributed by atoms with Crippen LogP contribution in [0.5, 0.6) is 5.75 Å². The summed E-state index contributed by atoms with van der Waals surface area (Å²) in [7, 11) is -2.10. The standard InChI is InChI=1S/C14H23O5P/c1-10(2)18-20(16,19-11(3)4)14(15)12-6-8-13(17-5)9-7-12/h6-11,14-15H,1-5H3. The minimum Gasteiger partial charge on any atom is -0.497 e. The van der Waals surface area contributed by atoms with Gasteiger partial charge in [-0.3, -0.25) is 4.57 Å². The SMILES string of the molecule is COc1ccc(C(O)P(=O)(OC(C)C)OC(C)C)cc1. The average Bonchev–Trinajstić information content (AvgIpc) is 2.36. The quantitative estimate of drug-likeness (QED) is 0.777. The van der Waals surface area contributed by atoms with E-state index >= 15 is 0 Å². The second-order valence-corrected chi connectivity index (χ2v) is 6.99. The Balaban J connectivity index is 3.02. The van der Waals surface area contributed by atoms with Crippen molar-refractivity contribution in [2.45, 2.75) is 45.7 Å². The highest BCUT2D eigenvalue weighted by Crippen LogP contribution is 2.61. The predicted octanol–water partition coefficient (Wildman–Crippen LogP) is 3.73. The second-order valence-electron chi connectivity index (χ2n) is 4.99. The molecule has 0 saturated carbocycles. The van der Waals surface area contributed by atoms with E-state index in [1.165, 1.54) is 0 Å². The summed E-state index contributed by atoms with van der Waals surface area (Å²) in [6.07, 6.45) is -0.625. The summed E-state index contributed by atoms with van der Waals surface area (Å²) in [5.74, 6) is -0.663. The summed E-state index contributed by atoms with van der Waals surface area (Å²) in [6, 6.07) is 6.66. The molecule has 0 saturated heterocycles. The molecule has 114 valence electrons. The third-order valence-electron chi connectivity index (χ3n) is 2.43. The van der Waals surface area contributed by atoms with Crippen molar-refractivity contribution in [3.8, 4) is 5.75 Å². The Kier molecular flexibility index (Phi) is 6.21. The molecule has 1 unspecified atom stereocenters. The maximum atomic E-state index is 12.8. The zero-order valence-electron chi connectivity index (χ0n) is 12.6. The fourth-order valence-corrected chi connectivity index (χ4v) is 3.68. The zero-order valence-corrected chi connectivity index (χ0v) is 13.5. The first-order chi connectivity index (χ1) is 9.28. The summed E-state index contributed by atoms with van der Waals surface area (Å²) in [6.45, 7) is 6.99. The molecule has 0 spiro atoms. The van der Waals surface area contributed by atoms with Crippen LogP contribution in [0.2, 0.25) is 0 Å². The molecule has 0 aromatic heterocycles. The molecular formula is C14H23O5P. The maximum Gasteiger partial charge on any atom is 0.363 e. The lowest BCUT2D eigenvalue weighted by Crippen LogP contribution is -2.13. The van der Waals surface area contributed by atoms with Crippen molar-refractivity contribution in [2.24, 2.45) is 0 Å². The van der Waals surface area contributed by atoms with Crippen LogP contribution in [0.3, 0.4) is 0 Å². The van der Waals surface area contributed by atoms with E-state index in [1.54, 1.807) is 59.1 Å². The Hall–Kier alpha value is -0.870. The van der Waals surface area contributed by atoms with Crippen LogP contribution in [0.4, 0.5) is 0 Å². The van der Waals surface area contributed by atoms with Crippen LogP contribution in [-0.2, 0) is 13.6 Å². The molecule has 0 heterocycles. The molecular weight excluding hydrogens is 279 g/mol. The minimum absolute atomic E-state index is 0.313. The number of methoxy groups -OCH3 is 1. The molecule has 0 aliphatic carbocycles. The summed E-state index contributed by atoms with van der Waals surface area (Å²) in [4.78, 5) is 0. The van der Waals surface area contributed by atoms with Crippen molar-refractivity contribution in [1.82, 2.24) is 0 Å². The van der Waals surface area contributed by atoms with Gasteiger partial charge in [0.2, 0.25) is 0 Å². The lowest BCUT2D eigenvalue weighted by atomic mass is 10.2. The lowest BCUT2D eigenvalue weighted by molar-refractivity contribution is 0.101. The molecule has 0 aliphatic rings. The van der Waals surface area contributed by atoms with Crippen LogP contribution in [0.25, 0.3) is 0 Å². The molecule has 1 atom stereocenters. The van der Waals surface area contributed by atoms with Gasteiger partial charge in [0.05, 0.1) is 19.3 Å². The highest BCUT2D eigenvalue weighted by molar-refractivity contribution is 7.54. The molecule has 0 amide bonds. The number of ether oxygens (including phenoxy) is 1. The fraction of sp³-hybridized carbons (Fsp3) is 0.571. The summed E-state index contributed by atoms with van der Waals surface area (Å²) >= 11 is 0. The molecule has 1 N–H and O–H groups in total. The first-order valence-corrected chi connectivity index (χ1v) is 8.18. The highest BCUT2D eigenvalue weighted by atomic mass is 31.2. The fourth-order valence-electron chi connectivity index (χ4n) is 1.69. The van der Waals surface area contributed by atoms with E-state index in [9.17, 15) is 9.67 Å². The third kappa shape index (κ3) is 4.60. The van der Waals surface area contributed by atoms with Gasteiger partial charge in [-0.05, 0) is 45.4 Å². The summed E-state index contributed by atoms with van der Waals surface area (Å²) in [5, 5.41) is 10.3. The maximum absolute atomic E-state index is 12.8. The van der Waals surface area contributed by atoms with Crippen LogP contribution in [-0.4, -0.2) is 24.4 Å². The molecule has 6 heteroatoms. The molecule has 1 rings (SSSR count). The van der Waals surface area contributed by atoms with Crippen molar-refractivity contribution < 1.29 is 23.5 Å². The van der Waals surface area contributed by atoms with Gasteiger partial charge in [-0.15, -0.1) is 0 Å². The highest BCUT2D eigenvalue weighted by Gasteiger charge is 2.37. The van der Waals surface area contributed by atoms with E-state index in [0.29, 0.717) is 11.3 Å². The van der Waals surface area contributed by atoms with Crippen LogP contribution in [0, 0.1) is 0 Å². The Morgan fingerprint density at radius 1 is 1.00 bits per heavy atom. The van der Waals surface area contributed by atoms with Crippen molar-refractivity contribution >= 4 is 7.60 Å². The summed E-state index contributed by atoms with van der Waals surface area (Å²) < 4.78 is 28.6. The van der Waals surface area contributed by atoms with Crippen LogP contribution >= 0.6 is 7.60 Å². The normalized spacial score (nSPS) is 13.8. The van der Waals surface area contributed by atoms with E-state index in [1.807, 2.05) is 0 Å². The first kappa shape index (κ1) is 17.2. The first-order valence-electron chi connectivity index (χ1n) is 6.57. The van der Waals surface area contributed by atoms with Gasteiger partial charge in [-0.1, -0.05) is 12.1 Å². The number of aliphatic hydroxyl groups is 1. The Labute approximate surface area is 120 Å². The third-order valence-corrected chi connectivity index (χ3v) is 4.76. The van der Waals surface area contributed by atoms with E-state index < -0.39 is 13.4 Å². The molecule has 1 aromatic carbocycles.